The summed E-state index contributed by atoms with van der Waals surface area (Å²) in [6.07, 6.45) is 2.52. The van der Waals surface area contributed by atoms with Crippen LogP contribution >= 0.6 is 0 Å². The van der Waals surface area contributed by atoms with E-state index >= 15 is 0 Å². The van der Waals surface area contributed by atoms with Crippen LogP contribution in [0.15, 0.2) is 149 Å². The van der Waals surface area contributed by atoms with Crippen LogP contribution in [0.4, 0.5) is 34.1 Å². The molecule has 59 heavy (non-hydrogen) atoms. The smallest absolute Gasteiger partial charge is 0.294 e. The van der Waals surface area contributed by atoms with Crippen molar-refractivity contribution in [3.8, 4) is 0 Å². The minimum atomic E-state index is -4.70. The van der Waals surface area contributed by atoms with E-state index in [1.165, 1.54) is 61.5 Å². The summed E-state index contributed by atoms with van der Waals surface area (Å²) in [6, 6.07) is 23.5. The molecule has 7 rings (SSSR count). The lowest BCUT2D eigenvalue weighted by Gasteiger charge is -2.14. The summed E-state index contributed by atoms with van der Waals surface area (Å²) in [5.74, 6) is -0.791. The van der Waals surface area contributed by atoms with Crippen LogP contribution in [-0.4, -0.2) is 56.3 Å². The fourth-order valence-electron chi connectivity index (χ4n) is 5.98. The van der Waals surface area contributed by atoms with Crippen LogP contribution in [-0.2, 0) is 39.9 Å². The van der Waals surface area contributed by atoms with Crippen LogP contribution in [0.2, 0.25) is 0 Å². The Balaban J connectivity index is 1.28. The van der Waals surface area contributed by atoms with Crippen molar-refractivity contribution in [1.82, 2.24) is 0 Å². The topological polar surface area (TPSA) is 283 Å². The predicted molar refractivity (Wildman–Crippen MR) is 217 cm³/mol. The monoisotopic (exact) mass is 853 g/mol. The Labute approximate surface area is 335 Å². The maximum atomic E-state index is 12.9. The first-order valence-corrected chi connectivity index (χ1v) is 21.1. The minimum Gasteiger partial charge on any atom is -0.326 e. The minimum absolute atomic E-state index is 0.133. The van der Waals surface area contributed by atoms with Crippen molar-refractivity contribution in [2.75, 3.05) is 10.7 Å². The van der Waals surface area contributed by atoms with Crippen LogP contribution in [0.1, 0.15) is 18.1 Å². The van der Waals surface area contributed by atoms with E-state index in [1.807, 2.05) is 0 Å². The summed E-state index contributed by atoms with van der Waals surface area (Å²) >= 11 is 0. The Morgan fingerprint density at radius 1 is 0.559 bits per heavy atom. The molecule has 18 nitrogen and oxygen atoms in total. The van der Waals surface area contributed by atoms with Gasteiger partial charge in [-0.15, -0.1) is 15.3 Å². The molecule has 1 amide bonds. The first-order valence-electron chi connectivity index (χ1n) is 16.8. The summed E-state index contributed by atoms with van der Waals surface area (Å²) in [5, 5.41) is 25.2. The number of allylic oxidation sites excluding steroid dienone is 1. The SMILES string of the molecule is CC(=O)Nc1ccc(N=Nc2ccc(N=Nc3ccc(NN=C4C(=O)C=Cc5cc(S(=O)(=O)O)ccc54)c4cc(S(=O)(=O)O)ccc34)c3cc(S(=O)(=O)O)ccc23)cc1. The highest BCUT2D eigenvalue weighted by Crippen LogP contribution is 2.39. The molecule has 0 spiro atoms. The fraction of sp³-hybridized carbons (Fsp3) is 0.0263. The molecule has 0 radical (unpaired) electrons. The molecule has 0 aliphatic heterocycles. The zero-order valence-corrected chi connectivity index (χ0v) is 32.5. The molecule has 21 heteroatoms. The van der Waals surface area contributed by atoms with Gasteiger partial charge >= 0.3 is 0 Å². The van der Waals surface area contributed by atoms with Gasteiger partial charge in [0.15, 0.2) is 0 Å². The number of carbonyl (C=O) groups is 2. The number of benzene rings is 6. The van der Waals surface area contributed by atoms with Crippen molar-refractivity contribution < 1.29 is 48.5 Å². The number of hydrogen-bond donors (Lipinski definition) is 5. The van der Waals surface area contributed by atoms with Crippen LogP contribution in [0.5, 0.6) is 0 Å². The average Bonchev–Trinajstić information content (AvgIpc) is 3.18. The van der Waals surface area contributed by atoms with Crippen molar-refractivity contribution in [3.63, 3.8) is 0 Å². The second-order valence-corrected chi connectivity index (χ2v) is 17.0. The normalized spacial score (nSPS) is 14.1. The summed E-state index contributed by atoms with van der Waals surface area (Å²) in [7, 11) is -13.9. The molecule has 0 aromatic heterocycles. The summed E-state index contributed by atoms with van der Waals surface area (Å²) in [5.41, 5.74) is 4.89. The molecule has 0 fully saturated rings. The molecular weight excluding hydrogens is 827 g/mol. The van der Waals surface area contributed by atoms with E-state index in [4.69, 9.17) is 0 Å². The number of amides is 1. The number of hydrazone groups is 1. The van der Waals surface area contributed by atoms with Crippen LogP contribution in [0, 0.1) is 0 Å². The molecule has 5 N–H and O–H groups in total. The van der Waals surface area contributed by atoms with Gasteiger partial charge in [-0.1, -0.05) is 24.3 Å². The molecule has 0 saturated carbocycles. The van der Waals surface area contributed by atoms with E-state index in [1.54, 1.807) is 30.3 Å². The molecule has 298 valence electrons. The number of rotatable bonds is 10. The maximum absolute atomic E-state index is 12.9. The number of azo groups is 2. The van der Waals surface area contributed by atoms with Crippen LogP contribution < -0.4 is 10.7 Å². The molecule has 1 aliphatic carbocycles. The van der Waals surface area contributed by atoms with Crippen LogP contribution in [0.3, 0.4) is 0 Å². The lowest BCUT2D eigenvalue weighted by Crippen LogP contribution is -2.19. The third-order valence-electron chi connectivity index (χ3n) is 8.74. The van der Waals surface area contributed by atoms with Crippen molar-refractivity contribution >= 4 is 110 Å². The number of carbonyl (C=O) groups excluding carboxylic acids is 2. The van der Waals surface area contributed by atoms with Gasteiger partial charge in [-0.3, -0.25) is 28.7 Å². The third-order valence-corrected chi connectivity index (χ3v) is 11.3. The van der Waals surface area contributed by atoms with E-state index < -0.39 is 50.8 Å². The molecule has 1 aliphatic rings. The highest BCUT2D eigenvalue weighted by atomic mass is 32.2. The number of fused-ring (bicyclic) bond motifs is 3. The summed E-state index contributed by atoms with van der Waals surface area (Å²) < 4.78 is 101. The second-order valence-electron chi connectivity index (χ2n) is 12.7. The van der Waals surface area contributed by atoms with E-state index in [0.717, 1.165) is 30.3 Å². The standard InChI is InChI=1S/C38H27N7O11S3/c1-21(46)39-23-3-5-24(6-4-23)40-41-33-13-15-35(31-19-26(58(51,52)53)8-11-29(31)33)43-42-34-14-16-36(32-20-27(59(54,55)56)9-12-30(32)34)44-45-38-28-10-7-25(57(48,49)50)18-22(28)2-17-37(38)47/h2-20,44H,1H3,(H,39,46)(H,48,49,50)(H,51,52,53)(H,54,55,56). The molecular formula is C38H27N7O11S3. The van der Waals surface area contributed by atoms with Gasteiger partial charge in [0, 0.05) is 39.7 Å². The first-order chi connectivity index (χ1) is 27.8. The number of anilines is 2. The fourth-order valence-corrected chi connectivity index (χ4v) is 7.51. The predicted octanol–water partition coefficient (Wildman–Crippen LogP) is 7.93. The van der Waals surface area contributed by atoms with Crippen molar-refractivity contribution in [2.45, 2.75) is 21.6 Å². The zero-order valence-electron chi connectivity index (χ0n) is 30.0. The average molecular weight is 854 g/mol. The van der Waals surface area contributed by atoms with Crippen molar-refractivity contribution in [2.24, 2.45) is 25.6 Å². The third kappa shape index (κ3) is 8.84. The van der Waals surface area contributed by atoms with E-state index in [0.29, 0.717) is 22.4 Å². The molecule has 6 aromatic rings. The Morgan fingerprint density at radius 2 is 1.07 bits per heavy atom. The van der Waals surface area contributed by atoms with Gasteiger partial charge in [-0.2, -0.15) is 35.5 Å². The van der Waals surface area contributed by atoms with Gasteiger partial charge in [0.2, 0.25) is 11.7 Å². The Hall–Kier alpha value is -6.88. The Morgan fingerprint density at radius 3 is 1.66 bits per heavy atom. The highest BCUT2D eigenvalue weighted by Gasteiger charge is 2.22. The number of nitrogens with one attached hydrogen (secondary N) is 2. The summed E-state index contributed by atoms with van der Waals surface area (Å²) in [6.45, 7) is 1.38. The number of hydrogen-bond acceptors (Lipinski definition) is 14. The lowest BCUT2D eigenvalue weighted by atomic mass is 9.95. The van der Waals surface area contributed by atoms with Gasteiger partial charge in [0.1, 0.15) is 5.71 Å². The van der Waals surface area contributed by atoms with Gasteiger partial charge in [0.05, 0.1) is 43.1 Å². The molecule has 0 atom stereocenters. The quantitative estimate of drug-likeness (QED) is 0.0499. The molecule has 0 bridgehead atoms. The van der Waals surface area contributed by atoms with E-state index in [-0.39, 0.29) is 56.0 Å². The molecule has 0 unspecified atom stereocenters. The van der Waals surface area contributed by atoms with Crippen molar-refractivity contribution in [1.29, 1.82) is 0 Å². The van der Waals surface area contributed by atoms with Crippen LogP contribution in [0.25, 0.3) is 27.6 Å². The zero-order chi connectivity index (χ0) is 42.3. The van der Waals surface area contributed by atoms with E-state index in [2.05, 4.69) is 36.3 Å². The maximum Gasteiger partial charge on any atom is 0.294 e. The highest BCUT2D eigenvalue weighted by molar-refractivity contribution is 7.86. The molecule has 0 heterocycles. The first kappa shape index (κ1) is 40.3. The molecule has 0 saturated heterocycles. The largest absolute Gasteiger partial charge is 0.326 e. The Kier molecular flexibility index (Phi) is 10.6. The lowest BCUT2D eigenvalue weighted by molar-refractivity contribution is -0.114. The van der Waals surface area contributed by atoms with Gasteiger partial charge in [0.25, 0.3) is 30.4 Å². The van der Waals surface area contributed by atoms with Crippen molar-refractivity contribution in [3.05, 3.63) is 120 Å². The second kappa shape index (κ2) is 15.5. The Bertz CT molecular complexity index is 3240. The van der Waals surface area contributed by atoms with E-state index in [9.17, 15) is 48.5 Å². The van der Waals surface area contributed by atoms with Gasteiger partial charge in [-0.25, -0.2) is 0 Å². The number of ketones is 1. The number of nitrogens with zero attached hydrogens (tertiary/aromatic N) is 5. The molecule has 6 aromatic carbocycles. The summed E-state index contributed by atoms with van der Waals surface area (Å²) in [4.78, 5) is 22.9. The van der Waals surface area contributed by atoms with Gasteiger partial charge in [-0.05, 0) is 96.6 Å². The van der Waals surface area contributed by atoms with Gasteiger partial charge < -0.3 is 5.32 Å².